The van der Waals surface area contributed by atoms with Crippen LogP contribution in [0.25, 0.3) is 0 Å². The van der Waals surface area contributed by atoms with Crippen LogP contribution in [0.1, 0.15) is 52.0 Å². The first kappa shape index (κ1) is 16.7. The maximum Gasteiger partial charge on any atom is 0.135 e. The van der Waals surface area contributed by atoms with E-state index in [2.05, 4.69) is 48.3 Å². The lowest BCUT2D eigenvalue weighted by atomic mass is 10.0. The molecular formula is C15H28N4O. The van der Waals surface area contributed by atoms with Gasteiger partial charge >= 0.3 is 0 Å². The average molecular weight is 280 g/mol. The van der Waals surface area contributed by atoms with Crippen LogP contribution in [-0.4, -0.2) is 36.3 Å². The molecule has 20 heavy (non-hydrogen) atoms. The Bertz CT molecular complexity index is 382. The minimum Gasteiger partial charge on any atom is -0.380 e. The zero-order valence-corrected chi connectivity index (χ0v) is 13.2. The predicted molar refractivity (Wildman–Crippen MR) is 84.5 cm³/mol. The number of unbranched alkanes of at least 4 members (excludes halogenated alkanes) is 1. The van der Waals surface area contributed by atoms with E-state index < -0.39 is 0 Å². The molecule has 1 aromatic rings. The van der Waals surface area contributed by atoms with E-state index >= 15 is 0 Å². The van der Waals surface area contributed by atoms with Gasteiger partial charge in [-0.1, -0.05) is 27.2 Å². The number of hydrogen-bond acceptors (Lipinski definition) is 5. The lowest BCUT2D eigenvalue weighted by Crippen LogP contribution is -2.15. The quantitative estimate of drug-likeness (QED) is 0.644. The fraction of sp³-hybridized carbons (Fsp3) is 0.733. The van der Waals surface area contributed by atoms with Gasteiger partial charge in [-0.2, -0.15) is 0 Å². The number of rotatable bonds is 10. The fourth-order valence-electron chi connectivity index (χ4n) is 1.98. The maximum atomic E-state index is 5.55. The van der Waals surface area contributed by atoms with Crippen molar-refractivity contribution in [1.29, 1.82) is 0 Å². The third kappa shape index (κ3) is 5.33. The third-order valence-corrected chi connectivity index (χ3v) is 2.99. The van der Waals surface area contributed by atoms with E-state index in [0.717, 1.165) is 43.3 Å². The molecule has 0 radical (unpaired) electrons. The van der Waals surface area contributed by atoms with Gasteiger partial charge in [0.1, 0.15) is 18.0 Å². The molecule has 2 N–H and O–H groups in total. The van der Waals surface area contributed by atoms with Crippen LogP contribution in [0.4, 0.5) is 11.6 Å². The van der Waals surface area contributed by atoms with E-state index in [4.69, 9.17) is 4.74 Å². The highest BCUT2D eigenvalue weighted by molar-refractivity contribution is 5.58. The molecular weight excluding hydrogens is 252 g/mol. The number of nitrogens with one attached hydrogen (secondary N) is 2. The summed E-state index contributed by atoms with van der Waals surface area (Å²) in [5.74, 6) is 2.20. The summed E-state index contributed by atoms with van der Waals surface area (Å²) in [4.78, 5) is 8.68. The van der Waals surface area contributed by atoms with Crippen molar-refractivity contribution in [2.45, 2.75) is 46.5 Å². The molecule has 1 heterocycles. The molecule has 5 heteroatoms. The molecule has 0 aliphatic carbocycles. The van der Waals surface area contributed by atoms with Crippen molar-refractivity contribution in [3.8, 4) is 0 Å². The van der Waals surface area contributed by atoms with Gasteiger partial charge in [-0.15, -0.1) is 0 Å². The third-order valence-electron chi connectivity index (χ3n) is 2.99. The van der Waals surface area contributed by atoms with Crippen molar-refractivity contribution in [1.82, 2.24) is 9.97 Å². The SMILES string of the molecule is CCCCOCCNc1ncnc(NCC)c1C(C)C. The minimum absolute atomic E-state index is 0.369. The van der Waals surface area contributed by atoms with Gasteiger partial charge in [-0.05, 0) is 19.3 Å². The summed E-state index contributed by atoms with van der Waals surface area (Å²) < 4.78 is 5.55. The number of aromatic nitrogens is 2. The summed E-state index contributed by atoms with van der Waals surface area (Å²) >= 11 is 0. The van der Waals surface area contributed by atoms with Gasteiger partial charge in [0, 0.05) is 25.3 Å². The standard InChI is InChI=1S/C15H28N4O/c1-5-7-9-20-10-8-17-15-13(12(3)4)14(16-6-2)18-11-19-15/h11-12H,5-10H2,1-4H3,(H2,16,17,18,19). The highest BCUT2D eigenvalue weighted by Gasteiger charge is 2.13. The van der Waals surface area contributed by atoms with Crippen LogP contribution in [0.15, 0.2) is 6.33 Å². The van der Waals surface area contributed by atoms with Crippen molar-refractivity contribution in [3.05, 3.63) is 11.9 Å². The second kappa shape index (κ2) is 9.53. The van der Waals surface area contributed by atoms with Crippen LogP contribution >= 0.6 is 0 Å². The molecule has 0 bridgehead atoms. The van der Waals surface area contributed by atoms with Crippen LogP contribution < -0.4 is 10.6 Å². The summed E-state index contributed by atoms with van der Waals surface area (Å²) in [6, 6.07) is 0. The number of hydrogen-bond donors (Lipinski definition) is 2. The van der Waals surface area contributed by atoms with E-state index in [9.17, 15) is 0 Å². The van der Waals surface area contributed by atoms with Gasteiger partial charge in [-0.3, -0.25) is 0 Å². The molecule has 0 amide bonds. The molecule has 0 unspecified atom stereocenters. The molecule has 0 fully saturated rings. The van der Waals surface area contributed by atoms with Gasteiger partial charge < -0.3 is 15.4 Å². The first-order valence-electron chi connectivity index (χ1n) is 7.61. The molecule has 1 aromatic heterocycles. The zero-order chi connectivity index (χ0) is 14.8. The molecule has 0 atom stereocenters. The molecule has 0 spiro atoms. The molecule has 0 aliphatic rings. The highest BCUT2D eigenvalue weighted by Crippen LogP contribution is 2.27. The van der Waals surface area contributed by atoms with E-state index in [1.807, 2.05) is 0 Å². The Labute approximate surface area is 122 Å². The van der Waals surface area contributed by atoms with Gasteiger partial charge in [0.05, 0.1) is 6.61 Å². The fourth-order valence-corrected chi connectivity index (χ4v) is 1.98. The summed E-state index contributed by atoms with van der Waals surface area (Å²) in [5, 5.41) is 6.65. The summed E-state index contributed by atoms with van der Waals surface area (Å²) in [7, 11) is 0. The Morgan fingerprint density at radius 3 is 2.40 bits per heavy atom. The normalized spacial score (nSPS) is 10.8. The van der Waals surface area contributed by atoms with Gasteiger partial charge in [0.25, 0.3) is 0 Å². The van der Waals surface area contributed by atoms with Gasteiger partial charge in [-0.25, -0.2) is 9.97 Å². The Balaban J connectivity index is 2.57. The molecule has 0 saturated heterocycles. The molecule has 114 valence electrons. The Morgan fingerprint density at radius 2 is 1.80 bits per heavy atom. The van der Waals surface area contributed by atoms with Gasteiger partial charge in [0.15, 0.2) is 0 Å². The Hall–Kier alpha value is -1.36. The molecule has 0 saturated carbocycles. The minimum atomic E-state index is 0.369. The van der Waals surface area contributed by atoms with E-state index in [-0.39, 0.29) is 0 Å². The molecule has 0 aliphatic heterocycles. The monoisotopic (exact) mass is 280 g/mol. The van der Waals surface area contributed by atoms with Crippen molar-refractivity contribution >= 4 is 11.6 Å². The number of ether oxygens (including phenoxy) is 1. The first-order chi connectivity index (χ1) is 9.70. The summed E-state index contributed by atoms with van der Waals surface area (Å²) in [5.41, 5.74) is 1.14. The predicted octanol–water partition coefficient (Wildman–Crippen LogP) is 3.26. The number of nitrogens with zero attached hydrogens (tertiary/aromatic N) is 2. The average Bonchev–Trinajstić information content (AvgIpc) is 2.43. The molecule has 5 nitrogen and oxygen atoms in total. The van der Waals surface area contributed by atoms with Crippen LogP contribution in [-0.2, 0) is 4.74 Å². The lowest BCUT2D eigenvalue weighted by molar-refractivity contribution is 0.141. The van der Waals surface area contributed by atoms with Crippen LogP contribution in [0.5, 0.6) is 0 Å². The molecule has 0 aromatic carbocycles. The highest BCUT2D eigenvalue weighted by atomic mass is 16.5. The van der Waals surface area contributed by atoms with Crippen molar-refractivity contribution in [3.63, 3.8) is 0 Å². The van der Waals surface area contributed by atoms with Crippen molar-refractivity contribution in [2.75, 3.05) is 36.9 Å². The summed E-state index contributed by atoms with van der Waals surface area (Å²) in [6.07, 6.45) is 3.89. The van der Waals surface area contributed by atoms with E-state index in [1.54, 1.807) is 6.33 Å². The van der Waals surface area contributed by atoms with Crippen LogP contribution in [0.2, 0.25) is 0 Å². The van der Waals surface area contributed by atoms with E-state index in [1.165, 1.54) is 6.42 Å². The molecule has 1 rings (SSSR count). The second-order valence-electron chi connectivity index (χ2n) is 5.06. The number of anilines is 2. The zero-order valence-electron chi connectivity index (χ0n) is 13.2. The van der Waals surface area contributed by atoms with Gasteiger partial charge in [0.2, 0.25) is 0 Å². The van der Waals surface area contributed by atoms with Crippen molar-refractivity contribution < 1.29 is 4.74 Å². The first-order valence-corrected chi connectivity index (χ1v) is 7.61. The Kier molecular flexibility index (Phi) is 7.95. The van der Waals surface area contributed by atoms with Crippen LogP contribution in [0.3, 0.4) is 0 Å². The van der Waals surface area contributed by atoms with E-state index in [0.29, 0.717) is 12.5 Å². The lowest BCUT2D eigenvalue weighted by Gasteiger charge is -2.17. The summed E-state index contributed by atoms with van der Waals surface area (Å²) in [6.45, 7) is 11.7. The topological polar surface area (TPSA) is 59.1 Å². The second-order valence-corrected chi connectivity index (χ2v) is 5.06. The smallest absolute Gasteiger partial charge is 0.135 e. The Morgan fingerprint density at radius 1 is 1.10 bits per heavy atom. The largest absolute Gasteiger partial charge is 0.380 e. The van der Waals surface area contributed by atoms with Crippen LogP contribution in [0, 0.1) is 0 Å². The van der Waals surface area contributed by atoms with Crippen molar-refractivity contribution in [2.24, 2.45) is 0 Å². The maximum absolute atomic E-state index is 5.55.